The van der Waals surface area contributed by atoms with Gasteiger partial charge in [0.2, 0.25) is 15.9 Å². The van der Waals surface area contributed by atoms with Crippen LogP contribution in [0.15, 0.2) is 48.5 Å². The van der Waals surface area contributed by atoms with Crippen molar-refractivity contribution in [1.82, 2.24) is 10.6 Å². The zero-order valence-electron chi connectivity index (χ0n) is 18.2. The van der Waals surface area contributed by atoms with E-state index in [1.165, 1.54) is 0 Å². The number of rotatable bonds is 9. The van der Waals surface area contributed by atoms with Gasteiger partial charge in [-0.15, -0.1) is 0 Å². The molecule has 1 fully saturated rings. The number of ether oxygens (including phenoxy) is 1. The number of aliphatic carboxylic acids is 1. The summed E-state index contributed by atoms with van der Waals surface area (Å²) < 4.78 is 27.5. The Balaban J connectivity index is 1.39. The minimum absolute atomic E-state index is 0.00417. The number of hydrogen-bond donors (Lipinski definition) is 4. The van der Waals surface area contributed by atoms with E-state index in [-0.39, 0.29) is 19.1 Å². The first-order valence-corrected chi connectivity index (χ1v) is 12.3. The third-order valence-electron chi connectivity index (χ3n) is 6.33. The molecule has 0 heterocycles. The van der Waals surface area contributed by atoms with E-state index in [4.69, 9.17) is 15.0 Å². The molecule has 0 radical (unpaired) electrons. The van der Waals surface area contributed by atoms with Crippen LogP contribution in [-0.4, -0.2) is 55.4 Å². The van der Waals surface area contributed by atoms with Crippen LogP contribution in [0.5, 0.6) is 0 Å². The topological polar surface area (TPSA) is 165 Å². The molecule has 34 heavy (non-hydrogen) atoms. The molecule has 0 aromatic heterocycles. The second-order valence-electron chi connectivity index (χ2n) is 8.57. The maximum Gasteiger partial charge on any atom is 0.407 e. The van der Waals surface area contributed by atoms with E-state index < -0.39 is 45.2 Å². The quantitative estimate of drug-likeness (QED) is 0.414. The molecular formula is C23H25N3O7S. The maximum atomic E-state index is 12.5. The van der Waals surface area contributed by atoms with Crippen LogP contribution in [0.25, 0.3) is 11.1 Å². The summed E-state index contributed by atoms with van der Waals surface area (Å²) in [6, 6.07) is 14.1. The number of carboxylic acid groups (broad SMARTS) is 1. The monoisotopic (exact) mass is 487 g/mol. The number of sulfonamides is 1. The molecule has 2 amide bonds. The first-order chi connectivity index (χ1) is 16.1. The number of nitrogens with one attached hydrogen (secondary N) is 2. The first kappa shape index (κ1) is 23.7. The predicted octanol–water partition coefficient (Wildman–Crippen LogP) is 1.31. The number of fused-ring (bicyclic) bond motifs is 3. The van der Waals surface area contributed by atoms with E-state index in [1.807, 2.05) is 48.5 Å². The molecule has 0 bridgehead atoms. The van der Waals surface area contributed by atoms with Gasteiger partial charge in [-0.2, -0.15) is 0 Å². The Hall–Kier alpha value is -3.44. The van der Waals surface area contributed by atoms with Crippen molar-refractivity contribution in [2.75, 3.05) is 13.2 Å². The van der Waals surface area contributed by atoms with Gasteiger partial charge in [0.25, 0.3) is 0 Å². The van der Waals surface area contributed by atoms with Crippen LogP contribution in [0.1, 0.15) is 36.3 Å². The second kappa shape index (κ2) is 9.07. The van der Waals surface area contributed by atoms with Gasteiger partial charge in [0.1, 0.15) is 17.4 Å². The highest BCUT2D eigenvalue weighted by atomic mass is 32.2. The molecule has 2 aliphatic carbocycles. The summed E-state index contributed by atoms with van der Waals surface area (Å²) in [6.07, 6.45) is -1.04. The van der Waals surface area contributed by atoms with Crippen LogP contribution in [0.2, 0.25) is 0 Å². The maximum absolute atomic E-state index is 12.5. The zero-order valence-corrected chi connectivity index (χ0v) is 19.0. The largest absolute Gasteiger partial charge is 0.481 e. The number of primary sulfonamides is 1. The van der Waals surface area contributed by atoms with Crippen molar-refractivity contribution < 1.29 is 32.6 Å². The Morgan fingerprint density at radius 2 is 1.62 bits per heavy atom. The number of alkyl carbamates (subject to hydrolysis) is 1. The number of carbonyl (C=O) groups is 3. The second-order valence-corrected chi connectivity index (χ2v) is 10.5. The Kier molecular flexibility index (Phi) is 6.32. The van der Waals surface area contributed by atoms with Gasteiger partial charge in [0.05, 0.1) is 6.42 Å². The van der Waals surface area contributed by atoms with E-state index in [0.29, 0.717) is 12.8 Å². The highest BCUT2D eigenvalue weighted by Gasteiger charge is 2.53. The molecular weight excluding hydrogens is 462 g/mol. The molecule has 1 unspecified atom stereocenters. The van der Waals surface area contributed by atoms with Gasteiger partial charge in [0.15, 0.2) is 0 Å². The van der Waals surface area contributed by atoms with Crippen molar-refractivity contribution in [2.45, 2.75) is 36.0 Å². The SMILES string of the molecule is NS(=O)(=O)C1(CNC(=O)C(CC(=O)O)NC(=O)OCC2c3ccccc3-c3ccccc32)CC1. The lowest BCUT2D eigenvalue weighted by Crippen LogP contribution is -2.51. The molecule has 2 aromatic carbocycles. The van der Waals surface area contributed by atoms with Crippen molar-refractivity contribution in [3.63, 3.8) is 0 Å². The van der Waals surface area contributed by atoms with Crippen LogP contribution in [0.4, 0.5) is 4.79 Å². The summed E-state index contributed by atoms with van der Waals surface area (Å²) in [4.78, 5) is 36.2. The number of hydrogen-bond acceptors (Lipinski definition) is 6. The fraction of sp³-hybridized carbons (Fsp3) is 0.348. The third kappa shape index (κ3) is 4.75. The van der Waals surface area contributed by atoms with Crippen LogP contribution in [0.3, 0.4) is 0 Å². The zero-order chi connectivity index (χ0) is 24.5. The van der Waals surface area contributed by atoms with Crippen LogP contribution >= 0.6 is 0 Å². The molecule has 1 saturated carbocycles. The average molecular weight is 488 g/mol. The standard InChI is InChI=1S/C23H25N3O7S/c24-34(31,32)23(9-10-23)13-25-21(29)19(11-20(27)28)26-22(30)33-12-18-16-7-3-1-5-14(16)15-6-2-4-8-17(15)18/h1-8,18-19H,9-13H2,(H,25,29)(H,26,30)(H,27,28)(H2,24,31,32). The Labute approximate surface area is 196 Å². The van der Waals surface area contributed by atoms with Crippen molar-refractivity contribution in [1.29, 1.82) is 0 Å². The lowest BCUT2D eigenvalue weighted by molar-refractivity contribution is -0.139. The van der Waals surface area contributed by atoms with E-state index in [0.717, 1.165) is 22.3 Å². The van der Waals surface area contributed by atoms with Crippen molar-refractivity contribution in [3.05, 3.63) is 59.7 Å². The first-order valence-electron chi connectivity index (χ1n) is 10.7. The smallest absolute Gasteiger partial charge is 0.407 e. The molecule has 10 nitrogen and oxygen atoms in total. The molecule has 2 aromatic rings. The molecule has 5 N–H and O–H groups in total. The lowest BCUT2D eigenvalue weighted by Gasteiger charge is -2.20. The Morgan fingerprint density at radius 1 is 1.06 bits per heavy atom. The molecule has 0 saturated heterocycles. The van der Waals surface area contributed by atoms with E-state index >= 15 is 0 Å². The van der Waals surface area contributed by atoms with Gasteiger partial charge in [0, 0.05) is 12.5 Å². The van der Waals surface area contributed by atoms with Gasteiger partial charge < -0.3 is 20.5 Å². The summed E-state index contributed by atoms with van der Waals surface area (Å²) in [5.41, 5.74) is 4.13. The minimum atomic E-state index is -3.87. The molecule has 0 spiro atoms. The molecule has 4 rings (SSSR count). The lowest BCUT2D eigenvalue weighted by atomic mass is 9.98. The number of amides is 2. The van der Waals surface area contributed by atoms with Crippen LogP contribution in [0, 0.1) is 0 Å². The number of carboxylic acids is 1. The van der Waals surface area contributed by atoms with Gasteiger partial charge in [-0.25, -0.2) is 18.4 Å². The molecule has 180 valence electrons. The summed E-state index contributed by atoms with van der Waals surface area (Å²) in [5.74, 6) is -2.34. The summed E-state index contributed by atoms with van der Waals surface area (Å²) in [7, 11) is -3.87. The number of nitrogens with two attached hydrogens (primary N) is 1. The van der Waals surface area contributed by atoms with Crippen LogP contribution < -0.4 is 15.8 Å². The Bertz CT molecular complexity index is 1200. The van der Waals surface area contributed by atoms with Crippen molar-refractivity contribution >= 4 is 28.0 Å². The summed E-state index contributed by atoms with van der Waals surface area (Å²) in [6.45, 7) is -0.261. The Morgan fingerprint density at radius 3 is 2.12 bits per heavy atom. The van der Waals surface area contributed by atoms with Crippen LogP contribution in [-0.2, 0) is 24.3 Å². The molecule has 0 aliphatic heterocycles. The van der Waals surface area contributed by atoms with Crippen molar-refractivity contribution in [3.8, 4) is 11.1 Å². The summed E-state index contributed by atoms with van der Waals surface area (Å²) in [5, 5.41) is 19.0. The predicted molar refractivity (Wildman–Crippen MR) is 122 cm³/mol. The fourth-order valence-electron chi connectivity index (χ4n) is 4.24. The highest BCUT2D eigenvalue weighted by Crippen LogP contribution is 2.44. The normalized spacial score (nSPS) is 16.6. The van der Waals surface area contributed by atoms with E-state index in [2.05, 4.69) is 10.6 Å². The van der Waals surface area contributed by atoms with E-state index in [9.17, 15) is 22.8 Å². The fourth-order valence-corrected chi connectivity index (χ4v) is 5.18. The molecule has 1 atom stereocenters. The average Bonchev–Trinajstić information content (AvgIpc) is 3.53. The minimum Gasteiger partial charge on any atom is -0.481 e. The molecule has 2 aliphatic rings. The van der Waals surface area contributed by atoms with Gasteiger partial charge in [-0.1, -0.05) is 48.5 Å². The highest BCUT2D eigenvalue weighted by molar-refractivity contribution is 7.90. The summed E-state index contributed by atoms with van der Waals surface area (Å²) >= 11 is 0. The van der Waals surface area contributed by atoms with E-state index in [1.54, 1.807) is 0 Å². The van der Waals surface area contributed by atoms with Crippen molar-refractivity contribution in [2.24, 2.45) is 5.14 Å². The van der Waals surface area contributed by atoms with Gasteiger partial charge >= 0.3 is 12.1 Å². The number of benzene rings is 2. The third-order valence-corrected chi connectivity index (χ3v) is 8.09. The molecule has 11 heteroatoms. The van der Waals surface area contributed by atoms with Gasteiger partial charge in [-0.3, -0.25) is 9.59 Å². The van der Waals surface area contributed by atoms with Gasteiger partial charge in [-0.05, 0) is 35.1 Å². The number of carbonyl (C=O) groups excluding carboxylic acids is 2.